The molecule has 4 nitrogen and oxygen atoms in total. The molecule has 0 aliphatic heterocycles. The smallest absolute Gasteiger partial charge is 0.103 e. The fourth-order valence-electron chi connectivity index (χ4n) is 9.14. The lowest BCUT2D eigenvalue weighted by atomic mass is 9.87. The molecule has 0 saturated heterocycles. The fourth-order valence-corrected chi connectivity index (χ4v) is 11.6. The molecular weight excluding hydrogens is 817 g/mol. The highest BCUT2D eigenvalue weighted by atomic mass is 32.1. The van der Waals surface area contributed by atoms with Crippen molar-refractivity contribution in [1.29, 1.82) is 0 Å². The van der Waals surface area contributed by atoms with Crippen molar-refractivity contribution in [2.24, 2.45) is 0 Å². The van der Waals surface area contributed by atoms with Gasteiger partial charge >= 0.3 is 0 Å². The van der Waals surface area contributed by atoms with Crippen LogP contribution in [0.1, 0.15) is 52.7 Å². The van der Waals surface area contributed by atoms with E-state index in [1.54, 1.807) is 0 Å². The third kappa shape index (κ3) is 6.89. The first-order valence-electron chi connectivity index (χ1n) is 22.1. The number of hydrogen-bond acceptors (Lipinski definition) is 4. The summed E-state index contributed by atoms with van der Waals surface area (Å²) in [5, 5.41) is 4.83. The van der Waals surface area contributed by atoms with E-state index in [1.165, 1.54) is 63.4 Å². The van der Waals surface area contributed by atoms with E-state index in [0.29, 0.717) is 0 Å². The molecule has 0 bridgehead atoms. The van der Waals surface area contributed by atoms with Gasteiger partial charge in [0.1, 0.15) is 10.0 Å². The molecule has 0 radical (unpaired) electrons. The lowest BCUT2D eigenvalue weighted by molar-refractivity contribution is 0.590. The van der Waals surface area contributed by atoms with Gasteiger partial charge in [-0.2, -0.15) is 0 Å². The summed E-state index contributed by atoms with van der Waals surface area (Å²) in [6.45, 7) is 13.7. The number of fused-ring (bicyclic) bond motifs is 6. The van der Waals surface area contributed by atoms with Crippen LogP contribution in [-0.4, -0.2) is 9.13 Å². The van der Waals surface area contributed by atoms with E-state index in [9.17, 15) is 0 Å². The zero-order chi connectivity index (χ0) is 43.7. The quantitative estimate of drug-likeness (QED) is 0.151. The molecule has 64 heavy (non-hydrogen) atoms. The van der Waals surface area contributed by atoms with Gasteiger partial charge in [0.15, 0.2) is 0 Å². The fraction of sp³-hybridized carbons (Fsp3) is 0.138. The lowest BCUT2D eigenvalue weighted by Crippen LogP contribution is -2.13. The summed E-state index contributed by atoms with van der Waals surface area (Å²) < 4.78 is 7.48. The Labute approximate surface area is 383 Å². The van der Waals surface area contributed by atoms with Gasteiger partial charge in [0.05, 0.1) is 31.5 Å². The van der Waals surface area contributed by atoms with Gasteiger partial charge in [-0.1, -0.05) is 139 Å². The summed E-state index contributed by atoms with van der Waals surface area (Å²) >= 11 is 3.73. The third-order valence-electron chi connectivity index (χ3n) is 12.4. The summed E-state index contributed by atoms with van der Waals surface area (Å²) in [6.07, 6.45) is 0. The molecule has 0 spiro atoms. The van der Waals surface area contributed by atoms with E-state index >= 15 is 0 Å². The minimum atomic E-state index is 0.0592. The lowest BCUT2D eigenvalue weighted by Gasteiger charge is -2.26. The number of nitrogens with zero attached hydrogens (tertiary/aromatic N) is 4. The molecule has 4 aromatic heterocycles. The zero-order valence-corrected chi connectivity index (χ0v) is 38.7. The number of aromatic nitrogens is 2. The highest BCUT2D eigenvalue weighted by Crippen LogP contribution is 2.50. The number of para-hydroxylation sites is 4. The normalized spacial score (nSPS) is 12.2. The Morgan fingerprint density at radius 3 is 0.984 bits per heavy atom. The second-order valence-electron chi connectivity index (χ2n) is 18.8. The van der Waals surface area contributed by atoms with Crippen LogP contribution >= 0.6 is 22.7 Å². The summed E-state index contributed by atoms with van der Waals surface area (Å²) in [7, 11) is 0. The number of hydrogen-bond donors (Lipinski definition) is 0. The van der Waals surface area contributed by atoms with Crippen LogP contribution in [0.5, 0.6) is 0 Å². The maximum atomic E-state index is 2.48. The van der Waals surface area contributed by atoms with Crippen LogP contribution in [0.3, 0.4) is 0 Å². The van der Waals surface area contributed by atoms with Gasteiger partial charge in [-0.3, -0.25) is 0 Å². The molecule has 11 aromatic rings. The zero-order valence-electron chi connectivity index (χ0n) is 37.1. The van der Waals surface area contributed by atoms with Gasteiger partial charge in [-0.05, 0) is 119 Å². The van der Waals surface area contributed by atoms with Gasteiger partial charge in [0, 0.05) is 44.9 Å². The average molecular weight is 867 g/mol. The van der Waals surface area contributed by atoms with Crippen LogP contribution in [0.2, 0.25) is 0 Å². The molecule has 0 atom stereocenters. The van der Waals surface area contributed by atoms with E-state index in [0.717, 1.165) is 34.1 Å². The first-order valence-corrected chi connectivity index (χ1v) is 23.7. The van der Waals surface area contributed by atoms with Crippen molar-refractivity contribution >= 4 is 97.7 Å². The first kappa shape index (κ1) is 40.0. The Bertz CT molecular complexity index is 3320. The predicted molar refractivity (Wildman–Crippen MR) is 278 cm³/mol. The minimum Gasteiger partial charge on any atom is -0.308 e. The Morgan fingerprint density at radius 1 is 0.344 bits per heavy atom. The number of anilines is 6. The van der Waals surface area contributed by atoms with E-state index in [4.69, 9.17) is 0 Å². The Morgan fingerprint density at radius 2 is 0.656 bits per heavy atom. The van der Waals surface area contributed by atoms with E-state index in [2.05, 4.69) is 255 Å². The molecule has 0 unspecified atom stereocenters. The van der Waals surface area contributed by atoms with Crippen molar-refractivity contribution in [3.63, 3.8) is 0 Å². The second-order valence-corrected chi connectivity index (χ2v) is 20.8. The highest BCUT2D eigenvalue weighted by Gasteiger charge is 2.26. The van der Waals surface area contributed by atoms with Crippen LogP contribution in [0.15, 0.2) is 194 Å². The third-order valence-corrected chi connectivity index (χ3v) is 14.7. The molecule has 0 aliphatic rings. The molecule has 0 aliphatic carbocycles. The molecule has 0 amide bonds. The molecule has 4 heterocycles. The average Bonchev–Trinajstić information content (AvgIpc) is 4.06. The molecule has 0 fully saturated rings. The number of thiophene rings is 2. The molecule has 6 heteroatoms. The number of rotatable bonds is 8. The maximum Gasteiger partial charge on any atom is 0.103 e. The monoisotopic (exact) mass is 866 g/mol. The van der Waals surface area contributed by atoms with Crippen LogP contribution < -0.4 is 9.80 Å². The van der Waals surface area contributed by atoms with Gasteiger partial charge in [0.2, 0.25) is 0 Å². The Kier molecular flexibility index (Phi) is 9.64. The highest BCUT2D eigenvalue weighted by molar-refractivity contribution is 7.24. The van der Waals surface area contributed by atoms with Crippen LogP contribution in [-0.2, 0) is 10.8 Å². The van der Waals surface area contributed by atoms with Crippen molar-refractivity contribution in [2.75, 3.05) is 9.80 Å². The van der Waals surface area contributed by atoms with Crippen LogP contribution in [0, 0.1) is 0 Å². The maximum absolute atomic E-state index is 2.48. The van der Waals surface area contributed by atoms with Crippen molar-refractivity contribution in [3.05, 3.63) is 205 Å². The minimum absolute atomic E-state index is 0.0592. The van der Waals surface area contributed by atoms with Crippen molar-refractivity contribution in [2.45, 2.75) is 52.4 Å². The SMILES string of the molecule is CC(C)(C)c1ccc(N(c2ccc(C(C)(C)C)cc2)c2cc3c(s2)c2cc4c(cc2n3-c2ccccc2)c2sc(N(c3ccccc3)c3ccccc3)cc2n4-c2ccccc2)cc1. The Hall–Kier alpha value is -6.86. The van der Waals surface area contributed by atoms with Gasteiger partial charge in [0.25, 0.3) is 0 Å². The predicted octanol–water partition coefficient (Wildman–Crippen LogP) is 17.5. The van der Waals surface area contributed by atoms with Crippen LogP contribution in [0.25, 0.3) is 53.6 Å². The van der Waals surface area contributed by atoms with E-state index in [1.807, 2.05) is 22.7 Å². The molecule has 314 valence electrons. The van der Waals surface area contributed by atoms with Crippen molar-refractivity contribution in [1.82, 2.24) is 9.13 Å². The van der Waals surface area contributed by atoms with Crippen LogP contribution in [0.4, 0.5) is 32.8 Å². The molecule has 0 saturated carbocycles. The van der Waals surface area contributed by atoms with Crippen molar-refractivity contribution in [3.8, 4) is 11.4 Å². The van der Waals surface area contributed by atoms with E-state index < -0.39 is 0 Å². The molecule has 7 aromatic carbocycles. The summed E-state index contributed by atoms with van der Waals surface area (Å²) in [4.78, 5) is 4.83. The largest absolute Gasteiger partial charge is 0.308 e. The molecule has 0 N–H and O–H groups in total. The summed E-state index contributed by atoms with van der Waals surface area (Å²) in [5.41, 5.74) is 14.4. The number of benzene rings is 7. The topological polar surface area (TPSA) is 16.3 Å². The van der Waals surface area contributed by atoms with Gasteiger partial charge in [-0.15, -0.1) is 22.7 Å². The molecule has 11 rings (SSSR count). The first-order chi connectivity index (χ1) is 31.0. The van der Waals surface area contributed by atoms with Gasteiger partial charge < -0.3 is 18.9 Å². The summed E-state index contributed by atoms with van der Waals surface area (Å²) in [5.74, 6) is 0. The molecular formula is C58H50N4S2. The summed E-state index contributed by atoms with van der Waals surface area (Å²) in [6, 6.07) is 71.2. The van der Waals surface area contributed by atoms with E-state index in [-0.39, 0.29) is 10.8 Å². The van der Waals surface area contributed by atoms with Gasteiger partial charge in [-0.25, -0.2) is 0 Å². The standard InChI is InChI=1S/C58H50N4S2/c1-57(2,3)39-27-31-45(32-28-39)60(46-33-29-40(30-34-46)58(4,5)6)54-38-52-56(64-54)48-36-49-47(35-50(48)62(52)44-25-17-10-18-26-44)55-51(61(49)43-23-15-9-16-24-43)37-53(63-55)59(41-19-11-7-12-20-41)42-21-13-8-14-22-42/h7-38H,1-6H3. The Balaban J connectivity index is 1.17. The van der Waals surface area contributed by atoms with Crippen molar-refractivity contribution < 1.29 is 0 Å². The second kappa shape index (κ2) is 15.4.